The van der Waals surface area contributed by atoms with Gasteiger partial charge in [0.25, 0.3) is 0 Å². The lowest BCUT2D eigenvalue weighted by atomic mass is 10.0. The molecule has 2 rings (SSSR count). The quantitative estimate of drug-likeness (QED) is 0.796. The Morgan fingerprint density at radius 3 is 3.06 bits per heavy atom. The van der Waals surface area contributed by atoms with Gasteiger partial charge in [-0.2, -0.15) is 5.26 Å². The van der Waals surface area contributed by atoms with Crippen LogP contribution in [0.15, 0.2) is 18.3 Å². The van der Waals surface area contributed by atoms with Crippen molar-refractivity contribution in [3.8, 4) is 11.8 Å². The number of rotatable bonds is 3. The molecule has 1 fully saturated rings. The van der Waals surface area contributed by atoms with Gasteiger partial charge in [0, 0.05) is 6.04 Å². The Labute approximate surface area is 102 Å². The van der Waals surface area contributed by atoms with Crippen LogP contribution in [0.1, 0.15) is 25.0 Å². The van der Waals surface area contributed by atoms with Crippen molar-refractivity contribution in [1.82, 2.24) is 9.88 Å². The highest BCUT2D eigenvalue weighted by Crippen LogP contribution is 2.17. The molecule has 0 aliphatic carbocycles. The third-order valence-electron chi connectivity index (χ3n) is 3.21. The monoisotopic (exact) mass is 231 g/mol. The number of pyridine rings is 1. The van der Waals surface area contributed by atoms with E-state index >= 15 is 0 Å². The summed E-state index contributed by atoms with van der Waals surface area (Å²) in [5.41, 5.74) is 0.423. The molecule has 1 aliphatic heterocycles. The van der Waals surface area contributed by atoms with Gasteiger partial charge < -0.3 is 9.64 Å². The van der Waals surface area contributed by atoms with Gasteiger partial charge in [-0.25, -0.2) is 4.98 Å². The Hall–Kier alpha value is -1.60. The van der Waals surface area contributed by atoms with Crippen molar-refractivity contribution in [2.45, 2.75) is 25.3 Å². The van der Waals surface area contributed by atoms with Gasteiger partial charge in [0.1, 0.15) is 24.1 Å². The highest BCUT2D eigenvalue weighted by atomic mass is 16.5. The molecule has 4 nitrogen and oxygen atoms in total. The number of aromatic nitrogens is 1. The van der Waals surface area contributed by atoms with Crippen molar-refractivity contribution < 1.29 is 4.74 Å². The first-order valence-corrected chi connectivity index (χ1v) is 5.99. The van der Waals surface area contributed by atoms with Crippen LogP contribution >= 0.6 is 0 Å². The molecular formula is C13H17N3O. The Morgan fingerprint density at radius 2 is 2.41 bits per heavy atom. The van der Waals surface area contributed by atoms with E-state index < -0.39 is 0 Å². The van der Waals surface area contributed by atoms with E-state index in [2.05, 4.69) is 16.9 Å². The van der Waals surface area contributed by atoms with Gasteiger partial charge in [-0.3, -0.25) is 0 Å². The molecule has 1 aromatic rings. The summed E-state index contributed by atoms with van der Waals surface area (Å²) in [4.78, 5) is 6.33. The van der Waals surface area contributed by atoms with E-state index in [1.165, 1.54) is 19.3 Å². The molecule has 17 heavy (non-hydrogen) atoms. The lowest BCUT2D eigenvalue weighted by Crippen LogP contribution is -2.40. The fourth-order valence-corrected chi connectivity index (χ4v) is 2.08. The summed E-state index contributed by atoms with van der Waals surface area (Å²) in [7, 11) is 2.14. The fraction of sp³-hybridized carbons (Fsp3) is 0.538. The van der Waals surface area contributed by atoms with E-state index in [0.29, 0.717) is 18.3 Å². The molecule has 1 aliphatic rings. The smallest absolute Gasteiger partial charge is 0.140 e. The zero-order chi connectivity index (χ0) is 12.1. The summed E-state index contributed by atoms with van der Waals surface area (Å²) in [6.07, 6.45) is 5.37. The van der Waals surface area contributed by atoms with Crippen molar-refractivity contribution in [3.05, 3.63) is 24.0 Å². The summed E-state index contributed by atoms with van der Waals surface area (Å²) >= 11 is 0. The number of ether oxygens (including phenoxy) is 1. The minimum absolute atomic E-state index is 0.423. The summed E-state index contributed by atoms with van der Waals surface area (Å²) < 4.78 is 5.70. The maximum atomic E-state index is 8.64. The van der Waals surface area contributed by atoms with Gasteiger partial charge in [0.2, 0.25) is 0 Å². The Bertz CT molecular complexity index is 396. The van der Waals surface area contributed by atoms with Crippen molar-refractivity contribution >= 4 is 0 Å². The van der Waals surface area contributed by atoms with Crippen LogP contribution in [-0.2, 0) is 0 Å². The Kier molecular flexibility index (Phi) is 3.94. The first-order valence-electron chi connectivity index (χ1n) is 5.99. The highest BCUT2D eigenvalue weighted by molar-refractivity contribution is 5.26. The van der Waals surface area contributed by atoms with Crippen molar-refractivity contribution in [2.24, 2.45) is 0 Å². The molecule has 0 amide bonds. The average Bonchev–Trinajstić information content (AvgIpc) is 2.38. The molecule has 1 unspecified atom stereocenters. The third kappa shape index (κ3) is 3.18. The lowest BCUT2D eigenvalue weighted by molar-refractivity contribution is 0.125. The molecule has 0 saturated carbocycles. The normalized spacial score (nSPS) is 20.8. The molecule has 1 saturated heterocycles. The number of likely N-dealkylation sites (tertiary alicyclic amines) is 1. The van der Waals surface area contributed by atoms with Crippen LogP contribution < -0.4 is 4.74 Å². The minimum Gasteiger partial charge on any atom is -0.490 e. The first kappa shape index (κ1) is 11.9. The number of piperidine rings is 1. The van der Waals surface area contributed by atoms with Crippen LogP contribution in [0.25, 0.3) is 0 Å². The molecule has 2 heterocycles. The predicted molar refractivity (Wildman–Crippen MR) is 64.7 cm³/mol. The van der Waals surface area contributed by atoms with E-state index in [9.17, 15) is 0 Å². The van der Waals surface area contributed by atoms with Gasteiger partial charge >= 0.3 is 0 Å². The molecule has 1 atom stereocenters. The Balaban J connectivity index is 1.86. The maximum absolute atomic E-state index is 8.64. The number of likely N-dealkylation sites (N-methyl/N-ethyl adjacent to an activating group) is 1. The third-order valence-corrected chi connectivity index (χ3v) is 3.21. The molecule has 0 N–H and O–H groups in total. The van der Waals surface area contributed by atoms with E-state index in [-0.39, 0.29) is 0 Å². The molecule has 0 aromatic carbocycles. The van der Waals surface area contributed by atoms with Crippen LogP contribution in [0.3, 0.4) is 0 Å². The van der Waals surface area contributed by atoms with Crippen LogP contribution in [0.5, 0.6) is 5.75 Å². The van der Waals surface area contributed by atoms with Gasteiger partial charge in [-0.1, -0.05) is 6.42 Å². The molecule has 4 heteroatoms. The number of hydrogen-bond donors (Lipinski definition) is 0. The molecule has 90 valence electrons. The summed E-state index contributed by atoms with van der Waals surface area (Å²) in [5.74, 6) is 0.739. The zero-order valence-electron chi connectivity index (χ0n) is 10.1. The van der Waals surface area contributed by atoms with Gasteiger partial charge in [0.15, 0.2) is 0 Å². The second kappa shape index (κ2) is 5.65. The van der Waals surface area contributed by atoms with Crippen molar-refractivity contribution in [2.75, 3.05) is 20.2 Å². The van der Waals surface area contributed by atoms with Crippen LogP contribution in [0.4, 0.5) is 0 Å². The largest absolute Gasteiger partial charge is 0.490 e. The zero-order valence-corrected chi connectivity index (χ0v) is 10.1. The van der Waals surface area contributed by atoms with Crippen molar-refractivity contribution in [1.29, 1.82) is 5.26 Å². The predicted octanol–water partition coefficient (Wildman–Crippen LogP) is 1.82. The van der Waals surface area contributed by atoms with Gasteiger partial charge in [-0.05, 0) is 38.6 Å². The van der Waals surface area contributed by atoms with Gasteiger partial charge in [-0.15, -0.1) is 0 Å². The highest BCUT2D eigenvalue weighted by Gasteiger charge is 2.19. The van der Waals surface area contributed by atoms with Crippen LogP contribution in [-0.4, -0.2) is 36.1 Å². The molecule has 0 spiro atoms. The first-order chi connectivity index (χ1) is 8.29. The molecule has 1 aromatic heterocycles. The fourth-order valence-electron chi connectivity index (χ4n) is 2.08. The molecule has 0 radical (unpaired) electrons. The van der Waals surface area contributed by atoms with Crippen LogP contribution in [0.2, 0.25) is 0 Å². The number of nitrogens with zero attached hydrogens (tertiary/aromatic N) is 3. The van der Waals surface area contributed by atoms with E-state index in [0.717, 1.165) is 12.3 Å². The van der Waals surface area contributed by atoms with E-state index in [4.69, 9.17) is 10.00 Å². The summed E-state index contributed by atoms with van der Waals surface area (Å²) in [5, 5.41) is 8.64. The van der Waals surface area contributed by atoms with E-state index in [1.54, 1.807) is 18.3 Å². The van der Waals surface area contributed by atoms with Crippen molar-refractivity contribution in [3.63, 3.8) is 0 Å². The van der Waals surface area contributed by atoms with Gasteiger partial charge in [0.05, 0.1) is 6.20 Å². The minimum atomic E-state index is 0.423. The maximum Gasteiger partial charge on any atom is 0.140 e. The average molecular weight is 231 g/mol. The standard InChI is InChI=1S/C13H17N3O/c1-16-7-3-2-4-12(16)10-17-13-6-5-11(8-14)15-9-13/h5-6,9,12H,2-4,7,10H2,1H3. The second-order valence-corrected chi connectivity index (χ2v) is 4.43. The summed E-state index contributed by atoms with van der Waals surface area (Å²) in [6.45, 7) is 1.85. The molecular weight excluding hydrogens is 214 g/mol. The summed E-state index contributed by atoms with van der Waals surface area (Å²) in [6, 6.07) is 5.97. The topological polar surface area (TPSA) is 49.1 Å². The van der Waals surface area contributed by atoms with Crippen LogP contribution in [0, 0.1) is 11.3 Å². The number of hydrogen-bond acceptors (Lipinski definition) is 4. The molecule has 0 bridgehead atoms. The second-order valence-electron chi connectivity index (χ2n) is 4.43. The number of nitriles is 1. The Morgan fingerprint density at radius 1 is 1.53 bits per heavy atom. The SMILES string of the molecule is CN1CCCCC1COc1ccc(C#N)nc1. The van der Waals surface area contributed by atoms with E-state index in [1.807, 2.05) is 6.07 Å². The lowest BCUT2D eigenvalue weighted by Gasteiger charge is -2.32.